The number of carbonyl (C=O) groups excluding carboxylic acids is 1. The molecule has 1 amide bonds. The van der Waals surface area contributed by atoms with Crippen molar-refractivity contribution in [1.29, 1.82) is 0 Å². The number of halogens is 1. The number of aromatic nitrogens is 2. The van der Waals surface area contributed by atoms with Crippen LogP contribution >= 0.6 is 11.6 Å². The van der Waals surface area contributed by atoms with Gasteiger partial charge >= 0.3 is 0 Å². The summed E-state index contributed by atoms with van der Waals surface area (Å²) in [5, 5.41) is 3.16. The molecule has 0 aromatic carbocycles. The lowest BCUT2D eigenvalue weighted by atomic mass is 10.1. The van der Waals surface area contributed by atoms with E-state index in [4.69, 9.17) is 16.0 Å². The van der Waals surface area contributed by atoms with Gasteiger partial charge in [0.25, 0.3) is 5.91 Å². The van der Waals surface area contributed by atoms with Gasteiger partial charge in [-0.1, -0.05) is 0 Å². The molecule has 0 saturated heterocycles. The average Bonchev–Trinajstić information content (AvgIpc) is 3.07. The Balaban J connectivity index is 1.72. The van der Waals surface area contributed by atoms with Crippen molar-refractivity contribution in [1.82, 2.24) is 14.9 Å². The molecule has 2 atom stereocenters. The quantitative estimate of drug-likeness (QED) is 0.940. The van der Waals surface area contributed by atoms with Gasteiger partial charge in [0, 0.05) is 18.4 Å². The summed E-state index contributed by atoms with van der Waals surface area (Å²) in [6, 6.07) is 1.95. The molecule has 1 aliphatic rings. The molecule has 1 saturated carbocycles. The number of hydrogen-bond acceptors (Lipinski definition) is 3. The molecular weight excluding hydrogens is 266 g/mol. The number of carbonyl (C=O) groups is 1. The molecule has 2 heterocycles. The molecule has 0 spiro atoms. The Hall–Kier alpha value is -1.75. The van der Waals surface area contributed by atoms with Crippen molar-refractivity contribution in [2.45, 2.75) is 31.3 Å². The molecule has 2 unspecified atom stereocenters. The van der Waals surface area contributed by atoms with Crippen LogP contribution in [0, 0.1) is 0 Å². The zero-order valence-corrected chi connectivity index (χ0v) is 11.0. The number of nitrogens with zero attached hydrogens (tertiary/aromatic N) is 2. The maximum atomic E-state index is 12.1. The van der Waals surface area contributed by atoms with E-state index in [0.717, 1.165) is 19.3 Å². The van der Waals surface area contributed by atoms with E-state index in [2.05, 4.69) is 14.9 Å². The first kappa shape index (κ1) is 12.3. The predicted molar refractivity (Wildman–Crippen MR) is 70.1 cm³/mol. The van der Waals surface area contributed by atoms with E-state index in [1.807, 2.05) is 6.20 Å². The molecule has 2 aromatic rings. The van der Waals surface area contributed by atoms with Crippen molar-refractivity contribution in [3.8, 4) is 0 Å². The molecule has 1 N–H and O–H groups in total. The lowest BCUT2D eigenvalue weighted by molar-refractivity contribution is 0.0928. The van der Waals surface area contributed by atoms with Crippen LogP contribution in [-0.2, 0) is 0 Å². The Morgan fingerprint density at radius 3 is 3.11 bits per heavy atom. The van der Waals surface area contributed by atoms with Gasteiger partial charge in [-0.3, -0.25) is 4.79 Å². The number of imidazole rings is 1. The molecule has 5 nitrogen and oxygen atoms in total. The van der Waals surface area contributed by atoms with E-state index >= 15 is 0 Å². The normalized spacial score (nSPS) is 22.6. The van der Waals surface area contributed by atoms with Crippen LogP contribution in [0.15, 0.2) is 35.5 Å². The molecule has 1 fully saturated rings. The van der Waals surface area contributed by atoms with Crippen LogP contribution in [0.4, 0.5) is 0 Å². The molecule has 0 aliphatic heterocycles. The maximum absolute atomic E-state index is 12.1. The van der Waals surface area contributed by atoms with Gasteiger partial charge in [0.1, 0.15) is 0 Å². The summed E-state index contributed by atoms with van der Waals surface area (Å²) in [6.07, 6.45) is 9.99. The van der Waals surface area contributed by atoms with Gasteiger partial charge in [-0.2, -0.15) is 0 Å². The van der Waals surface area contributed by atoms with Gasteiger partial charge in [0.05, 0.1) is 24.2 Å². The third-order valence-electron chi connectivity index (χ3n) is 3.57. The molecule has 19 heavy (non-hydrogen) atoms. The second kappa shape index (κ2) is 5.09. The van der Waals surface area contributed by atoms with E-state index in [-0.39, 0.29) is 23.2 Å². The van der Waals surface area contributed by atoms with Crippen LogP contribution in [-0.4, -0.2) is 21.5 Å². The fraction of sp³-hybridized carbons (Fsp3) is 0.385. The van der Waals surface area contributed by atoms with Gasteiger partial charge in [0.15, 0.2) is 0 Å². The van der Waals surface area contributed by atoms with Gasteiger partial charge < -0.3 is 14.3 Å². The Bertz CT molecular complexity index is 564. The van der Waals surface area contributed by atoms with E-state index in [9.17, 15) is 4.79 Å². The fourth-order valence-corrected chi connectivity index (χ4v) is 2.83. The minimum atomic E-state index is -0.184. The molecule has 0 bridgehead atoms. The van der Waals surface area contributed by atoms with Crippen LogP contribution in [0.5, 0.6) is 0 Å². The molecule has 2 aromatic heterocycles. The highest BCUT2D eigenvalue weighted by Gasteiger charge is 2.30. The third kappa shape index (κ3) is 2.38. The van der Waals surface area contributed by atoms with Crippen LogP contribution < -0.4 is 5.32 Å². The van der Waals surface area contributed by atoms with Crippen molar-refractivity contribution in [3.05, 3.63) is 41.8 Å². The van der Waals surface area contributed by atoms with Crippen molar-refractivity contribution >= 4 is 17.5 Å². The van der Waals surface area contributed by atoms with Crippen LogP contribution in [0.2, 0.25) is 5.22 Å². The monoisotopic (exact) mass is 279 g/mol. The highest BCUT2D eigenvalue weighted by Crippen LogP contribution is 2.30. The minimum Gasteiger partial charge on any atom is -0.452 e. The van der Waals surface area contributed by atoms with E-state index in [1.54, 1.807) is 18.6 Å². The first-order valence-corrected chi connectivity index (χ1v) is 6.65. The molecule has 6 heteroatoms. The summed E-state index contributed by atoms with van der Waals surface area (Å²) in [6.45, 7) is 0. The topological polar surface area (TPSA) is 60.1 Å². The Morgan fingerprint density at radius 1 is 1.53 bits per heavy atom. The van der Waals surface area contributed by atoms with Crippen molar-refractivity contribution < 1.29 is 9.21 Å². The van der Waals surface area contributed by atoms with Gasteiger partial charge in [-0.25, -0.2) is 4.98 Å². The van der Waals surface area contributed by atoms with E-state index < -0.39 is 0 Å². The van der Waals surface area contributed by atoms with Crippen molar-refractivity contribution in [2.75, 3.05) is 0 Å². The second-order valence-corrected chi connectivity index (χ2v) is 5.04. The van der Waals surface area contributed by atoms with Gasteiger partial charge in [-0.05, 0) is 36.9 Å². The van der Waals surface area contributed by atoms with E-state index in [0.29, 0.717) is 5.56 Å². The fourth-order valence-electron chi connectivity index (χ4n) is 2.63. The zero-order chi connectivity index (χ0) is 13.2. The first-order valence-electron chi connectivity index (χ1n) is 6.27. The lowest BCUT2D eigenvalue weighted by Gasteiger charge is -2.21. The third-order valence-corrected chi connectivity index (χ3v) is 3.86. The summed E-state index contributed by atoms with van der Waals surface area (Å²) in [4.78, 5) is 16.2. The van der Waals surface area contributed by atoms with Crippen molar-refractivity contribution in [3.63, 3.8) is 0 Å². The molecule has 0 radical (unpaired) electrons. The molecule has 1 aliphatic carbocycles. The summed E-state index contributed by atoms with van der Waals surface area (Å²) in [5.41, 5.74) is 0.387. The Morgan fingerprint density at radius 2 is 2.42 bits per heavy atom. The van der Waals surface area contributed by atoms with Crippen molar-refractivity contribution in [2.24, 2.45) is 0 Å². The number of hydrogen-bond donors (Lipinski definition) is 1. The number of nitrogens with one attached hydrogen (secondary N) is 1. The standard InChI is InChI=1S/C13H14ClN3O2/c14-12-9(4-7-19-12)13(18)16-10-2-1-3-11(10)17-6-5-15-8-17/h4-8,10-11H,1-3H2,(H,16,18). The molecule has 3 rings (SSSR count). The van der Waals surface area contributed by atoms with Gasteiger partial charge in [0.2, 0.25) is 5.22 Å². The highest BCUT2D eigenvalue weighted by atomic mass is 35.5. The Kier molecular flexibility index (Phi) is 3.29. The SMILES string of the molecule is O=C(NC1CCCC1n1ccnc1)c1ccoc1Cl. The van der Waals surface area contributed by atoms with Crippen LogP contribution in [0.1, 0.15) is 35.7 Å². The zero-order valence-electron chi connectivity index (χ0n) is 10.3. The maximum Gasteiger partial charge on any atom is 0.256 e. The predicted octanol–water partition coefficient (Wildman–Crippen LogP) is 2.65. The number of rotatable bonds is 3. The smallest absolute Gasteiger partial charge is 0.256 e. The van der Waals surface area contributed by atoms with Crippen LogP contribution in [0.3, 0.4) is 0 Å². The molecule has 100 valence electrons. The largest absolute Gasteiger partial charge is 0.452 e. The van der Waals surface area contributed by atoms with Gasteiger partial charge in [-0.15, -0.1) is 0 Å². The molecular formula is C13H14ClN3O2. The summed E-state index contributed by atoms with van der Waals surface area (Å²) in [7, 11) is 0. The number of furan rings is 1. The average molecular weight is 280 g/mol. The second-order valence-electron chi connectivity index (χ2n) is 4.70. The Labute approximate surface area is 115 Å². The van der Waals surface area contributed by atoms with Crippen LogP contribution in [0.25, 0.3) is 0 Å². The summed E-state index contributed by atoms with van der Waals surface area (Å²) >= 11 is 5.81. The first-order chi connectivity index (χ1) is 9.25. The summed E-state index contributed by atoms with van der Waals surface area (Å²) < 4.78 is 6.99. The summed E-state index contributed by atoms with van der Waals surface area (Å²) in [5.74, 6) is -0.184. The highest BCUT2D eigenvalue weighted by molar-refractivity contribution is 6.32. The lowest BCUT2D eigenvalue weighted by Crippen LogP contribution is -2.38. The number of amides is 1. The minimum absolute atomic E-state index is 0.104. The van der Waals surface area contributed by atoms with E-state index in [1.165, 1.54) is 6.26 Å².